The highest BCUT2D eigenvalue weighted by molar-refractivity contribution is 6.50. The third kappa shape index (κ3) is 6.34. The molecule has 1 heterocycles. The zero-order valence-corrected chi connectivity index (χ0v) is 18.0. The van der Waals surface area contributed by atoms with Crippen molar-refractivity contribution in [3.8, 4) is 0 Å². The Bertz CT molecular complexity index is 868. The Balaban J connectivity index is 0.000000537. The summed E-state index contributed by atoms with van der Waals surface area (Å²) < 4.78 is 41.4. The van der Waals surface area contributed by atoms with Crippen molar-refractivity contribution >= 4 is 25.0 Å². The van der Waals surface area contributed by atoms with Gasteiger partial charge in [0, 0.05) is 6.42 Å². The van der Waals surface area contributed by atoms with E-state index in [0.29, 0.717) is 0 Å². The van der Waals surface area contributed by atoms with Crippen molar-refractivity contribution in [1.82, 2.24) is 0 Å². The monoisotopic (exact) mass is 408 g/mol. The molecule has 1 aliphatic heterocycles. The average molecular weight is 408 g/mol. The van der Waals surface area contributed by atoms with Crippen LogP contribution < -0.4 is 4.90 Å². The predicted octanol–water partition coefficient (Wildman–Crippen LogP) is 6.42. The summed E-state index contributed by atoms with van der Waals surface area (Å²) in [5.41, 5.74) is 10.9. The lowest BCUT2D eigenvalue weighted by atomic mass is 10.0. The molecular formula is C22H29BF4N2. The fraction of sp³-hybridized carbons (Fsp3) is 0.409. The van der Waals surface area contributed by atoms with Gasteiger partial charge in [0.2, 0.25) is 6.34 Å². The van der Waals surface area contributed by atoms with Crippen LogP contribution in [-0.2, 0) is 0 Å². The number of hydrogen-bond acceptors (Lipinski definition) is 1. The highest BCUT2D eigenvalue weighted by atomic mass is 19.5. The second-order valence-electron chi connectivity index (χ2n) is 7.85. The first-order valence-electron chi connectivity index (χ1n) is 9.78. The molecule has 0 amide bonds. The molecule has 0 saturated carbocycles. The lowest BCUT2D eigenvalue weighted by Crippen LogP contribution is -2.35. The van der Waals surface area contributed by atoms with Crippen molar-refractivity contribution in [3.63, 3.8) is 0 Å². The number of halogens is 4. The highest BCUT2D eigenvalue weighted by Crippen LogP contribution is 2.30. The first-order chi connectivity index (χ1) is 13.4. The van der Waals surface area contributed by atoms with Crippen molar-refractivity contribution in [2.24, 2.45) is 0 Å². The van der Waals surface area contributed by atoms with Gasteiger partial charge in [-0.1, -0.05) is 35.4 Å². The van der Waals surface area contributed by atoms with Crippen LogP contribution in [0.5, 0.6) is 0 Å². The first kappa shape index (κ1) is 23.0. The van der Waals surface area contributed by atoms with E-state index in [9.17, 15) is 17.3 Å². The topological polar surface area (TPSA) is 6.25 Å². The van der Waals surface area contributed by atoms with E-state index in [1.54, 1.807) is 0 Å². The van der Waals surface area contributed by atoms with E-state index < -0.39 is 7.25 Å². The summed E-state index contributed by atoms with van der Waals surface area (Å²) in [7, 11) is -6.00. The zero-order valence-electron chi connectivity index (χ0n) is 18.0. The highest BCUT2D eigenvalue weighted by Gasteiger charge is 2.24. The van der Waals surface area contributed by atoms with Crippen molar-refractivity contribution in [1.29, 1.82) is 0 Å². The van der Waals surface area contributed by atoms with E-state index in [0.717, 1.165) is 13.1 Å². The van der Waals surface area contributed by atoms with Crippen LogP contribution >= 0.6 is 0 Å². The van der Waals surface area contributed by atoms with E-state index in [2.05, 4.69) is 81.6 Å². The molecule has 0 aromatic heterocycles. The summed E-state index contributed by atoms with van der Waals surface area (Å²) in [6.45, 7) is 15.4. The van der Waals surface area contributed by atoms with Gasteiger partial charge in [0.1, 0.15) is 11.4 Å². The second-order valence-corrected chi connectivity index (χ2v) is 7.85. The van der Waals surface area contributed by atoms with Gasteiger partial charge in [-0.3, -0.25) is 0 Å². The minimum Gasteiger partial charge on any atom is -0.418 e. The maximum atomic E-state index is 9.75. The van der Waals surface area contributed by atoms with Gasteiger partial charge in [-0.05, 0) is 63.8 Å². The predicted molar refractivity (Wildman–Crippen MR) is 114 cm³/mol. The minimum absolute atomic E-state index is 1.09. The molecule has 158 valence electrons. The van der Waals surface area contributed by atoms with Crippen LogP contribution in [0.4, 0.5) is 28.6 Å². The summed E-state index contributed by atoms with van der Waals surface area (Å²) in [6.07, 6.45) is 3.49. The van der Waals surface area contributed by atoms with Crippen LogP contribution in [0.25, 0.3) is 0 Å². The number of hydrogen-bond donors (Lipinski definition) is 0. The molecule has 3 rings (SSSR count). The van der Waals surface area contributed by atoms with Crippen LogP contribution in [0.15, 0.2) is 24.3 Å². The quantitative estimate of drug-likeness (QED) is 0.316. The average Bonchev–Trinajstić information content (AvgIpc) is 2.51. The van der Waals surface area contributed by atoms with Crippen LogP contribution in [0.2, 0.25) is 0 Å². The Morgan fingerprint density at radius 3 is 1.62 bits per heavy atom. The third-order valence-electron chi connectivity index (χ3n) is 4.92. The summed E-state index contributed by atoms with van der Waals surface area (Å²) in [5.74, 6) is 0. The maximum absolute atomic E-state index is 9.75. The van der Waals surface area contributed by atoms with Crippen molar-refractivity contribution in [2.45, 2.75) is 48.0 Å². The molecule has 0 radical (unpaired) electrons. The molecule has 0 aliphatic carbocycles. The van der Waals surface area contributed by atoms with Gasteiger partial charge in [-0.15, -0.1) is 0 Å². The van der Waals surface area contributed by atoms with Gasteiger partial charge in [0.25, 0.3) is 0 Å². The van der Waals surface area contributed by atoms with Crippen molar-refractivity contribution in [3.05, 3.63) is 57.6 Å². The number of aryl methyl sites for hydroxylation is 6. The van der Waals surface area contributed by atoms with Crippen molar-refractivity contribution < 1.29 is 21.8 Å². The number of rotatable bonds is 2. The molecule has 0 atom stereocenters. The van der Waals surface area contributed by atoms with E-state index in [-0.39, 0.29) is 0 Å². The lowest BCUT2D eigenvalue weighted by molar-refractivity contribution is -0.441. The number of anilines is 1. The molecule has 2 nitrogen and oxygen atoms in total. The van der Waals surface area contributed by atoms with Gasteiger partial charge in [0.05, 0.1) is 13.1 Å². The van der Waals surface area contributed by atoms with E-state index in [1.165, 1.54) is 51.2 Å². The summed E-state index contributed by atoms with van der Waals surface area (Å²) in [6, 6.07) is 9.16. The molecule has 7 heteroatoms. The molecule has 0 saturated heterocycles. The second kappa shape index (κ2) is 9.01. The molecule has 29 heavy (non-hydrogen) atoms. The van der Waals surface area contributed by atoms with Gasteiger partial charge < -0.3 is 17.3 Å². The van der Waals surface area contributed by atoms with E-state index >= 15 is 0 Å². The SMILES string of the molecule is Cc1cc(C)c(N2C=[N+](c3c(C)cc(C)cc3C)CCC2)c(C)c1.F[B-](F)(F)F. The number of nitrogens with zero attached hydrogens (tertiary/aromatic N) is 2. The normalized spacial score (nSPS) is 14.3. The van der Waals surface area contributed by atoms with Crippen LogP contribution in [0, 0.1) is 41.5 Å². The Labute approximate surface area is 171 Å². The molecule has 0 bridgehead atoms. The summed E-state index contributed by atoms with van der Waals surface area (Å²) in [4.78, 5) is 2.44. The standard InChI is InChI=1S/C22H29N2.BF4/c1-15-10-17(3)21(18(4)11-15)23-8-7-9-24(14-23)22-19(5)12-16(2)13-20(22)6;2-1(3,4)5/h10-14H,7-9H2,1-6H3;/q+1;-1. The summed E-state index contributed by atoms with van der Waals surface area (Å²) >= 11 is 0. The fourth-order valence-corrected chi connectivity index (χ4v) is 4.29. The molecule has 2 aromatic carbocycles. The van der Waals surface area contributed by atoms with Gasteiger partial charge in [-0.25, -0.2) is 9.48 Å². The molecular weight excluding hydrogens is 379 g/mol. The van der Waals surface area contributed by atoms with Gasteiger partial charge in [0.15, 0.2) is 0 Å². The Kier molecular flexibility index (Phi) is 7.14. The maximum Gasteiger partial charge on any atom is 0.673 e. The first-order valence-corrected chi connectivity index (χ1v) is 9.78. The van der Waals surface area contributed by atoms with Crippen LogP contribution in [0.1, 0.15) is 39.8 Å². The van der Waals surface area contributed by atoms with Crippen LogP contribution in [0.3, 0.4) is 0 Å². The van der Waals surface area contributed by atoms with Gasteiger partial charge in [-0.2, -0.15) is 0 Å². The van der Waals surface area contributed by atoms with Crippen molar-refractivity contribution in [2.75, 3.05) is 18.0 Å². The third-order valence-corrected chi connectivity index (χ3v) is 4.92. The largest absolute Gasteiger partial charge is 0.673 e. The van der Waals surface area contributed by atoms with E-state index in [1.807, 2.05) is 0 Å². The molecule has 2 aromatic rings. The molecule has 0 fully saturated rings. The molecule has 0 N–H and O–H groups in total. The Morgan fingerprint density at radius 2 is 1.17 bits per heavy atom. The molecule has 0 spiro atoms. The zero-order chi connectivity index (χ0) is 21.9. The van der Waals surface area contributed by atoms with E-state index in [4.69, 9.17) is 0 Å². The fourth-order valence-electron chi connectivity index (χ4n) is 4.29. The Hall–Kier alpha value is -2.31. The lowest BCUT2D eigenvalue weighted by Gasteiger charge is -2.24. The van der Waals surface area contributed by atoms with Crippen LogP contribution in [-0.4, -0.2) is 31.3 Å². The van der Waals surface area contributed by atoms with Gasteiger partial charge >= 0.3 is 7.25 Å². The molecule has 0 unspecified atom stereocenters. The Morgan fingerprint density at radius 1 is 0.759 bits per heavy atom. The molecule has 1 aliphatic rings. The smallest absolute Gasteiger partial charge is 0.418 e. The number of benzene rings is 2. The summed E-state index contributed by atoms with van der Waals surface area (Å²) in [5, 5.41) is 0. The minimum atomic E-state index is -6.00.